The van der Waals surface area contributed by atoms with Gasteiger partial charge in [-0.3, -0.25) is 9.69 Å². The second kappa shape index (κ2) is 4.79. The normalized spacial score (nSPS) is 27.7. The number of carbonyl (C=O) groups is 1. The van der Waals surface area contributed by atoms with Crippen molar-refractivity contribution in [2.24, 2.45) is 5.92 Å². The van der Waals surface area contributed by atoms with E-state index < -0.39 is 11.5 Å². The molecule has 1 aliphatic carbocycles. The molecule has 2 fully saturated rings. The zero-order valence-corrected chi connectivity index (χ0v) is 11.5. The quantitative estimate of drug-likeness (QED) is 0.752. The highest BCUT2D eigenvalue weighted by Gasteiger charge is 2.51. The molecule has 2 N–H and O–H groups in total. The Morgan fingerprint density at radius 1 is 1.56 bits per heavy atom. The van der Waals surface area contributed by atoms with Crippen LogP contribution in [0.5, 0.6) is 0 Å². The molecule has 1 aliphatic heterocycles. The van der Waals surface area contributed by atoms with Gasteiger partial charge in [0.15, 0.2) is 0 Å². The van der Waals surface area contributed by atoms with Crippen LogP contribution in [0.15, 0.2) is 0 Å². The van der Waals surface area contributed by atoms with Crippen molar-refractivity contribution < 1.29 is 14.6 Å². The minimum absolute atomic E-state index is 0.181. The van der Waals surface area contributed by atoms with Crippen molar-refractivity contribution in [1.29, 1.82) is 0 Å². The summed E-state index contributed by atoms with van der Waals surface area (Å²) in [4.78, 5) is 13.9. The predicted molar refractivity (Wildman–Crippen MR) is 68.6 cm³/mol. The van der Waals surface area contributed by atoms with Crippen LogP contribution in [0.3, 0.4) is 0 Å². The Labute approximate surface area is 108 Å². The molecule has 1 atom stereocenters. The van der Waals surface area contributed by atoms with Gasteiger partial charge in [0.1, 0.15) is 5.54 Å². The maximum absolute atomic E-state index is 11.6. The van der Waals surface area contributed by atoms with Gasteiger partial charge in [-0.25, -0.2) is 0 Å². The van der Waals surface area contributed by atoms with Gasteiger partial charge in [0.05, 0.1) is 12.2 Å². The summed E-state index contributed by atoms with van der Waals surface area (Å²) in [5.74, 6) is -0.456. The summed E-state index contributed by atoms with van der Waals surface area (Å²) in [6, 6.07) is 0. The van der Waals surface area contributed by atoms with E-state index in [1.165, 1.54) is 0 Å². The highest BCUT2D eigenvalue weighted by Crippen LogP contribution is 2.40. The molecule has 104 valence electrons. The average molecular weight is 256 g/mol. The lowest BCUT2D eigenvalue weighted by Gasteiger charge is -2.42. The van der Waals surface area contributed by atoms with E-state index in [-0.39, 0.29) is 11.5 Å². The lowest BCUT2D eigenvalue weighted by molar-refractivity contribution is -0.149. The van der Waals surface area contributed by atoms with Gasteiger partial charge < -0.3 is 15.2 Å². The molecule has 1 heterocycles. The fourth-order valence-corrected chi connectivity index (χ4v) is 2.94. The third kappa shape index (κ3) is 2.68. The lowest BCUT2D eigenvalue weighted by Crippen LogP contribution is -2.62. The number of hydrogen-bond donors (Lipinski definition) is 2. The maximum atomic E-state index is 11.6. The van der Waals surface area contributed by atoms with Crippen molar-refractivity contribution in [2.75, 3.05) is 33.3 Å². The topological polar surface area (TPSA) is 61.8 Å². The zero-order chi connectivity index (χ0) is 13.4. The van der Waals surface area contributed by atoms with Gasteiger partial charge in [0.2, 0.25) is 0 Å². The van der Waals surface area contributed by atoms with E-state index in [2.05, 4.69) is 24.1 Å². The molecule has 1 saturated carbocycles. The van der Waals surface area contributed by atoms with Crippen LogP contribution in [0.25, 0.3) is 0 Å². The standard InChI is InChI=1S/C13H24N2O3/c1-12(2)8-15(6-7-18-12)9-13(14-3,11(16)17)10-4-5-10/h10,14H,4-9H2,1-3H3,(H,16,17). The highest BCUT2D eigenvalue weighted by atomic mass is 16.5. The van der Waals surface area contributed by atoms with Gasteiger partial charge in [0.25, 0.3) is 0 Å². The number of rotatable bonds is 5. The van der Waals surface area contributed by atoms with Gasteiger partial charge in [-0.05, 0) is 39.7 Å². The number of aliphatic carboxylic acids is 1. The SMILES string of the molecule is CNC(CN1CCOC(C)(C)C1)(C(=O)O)C1CC1. The van der Waals surface area contributed by atoms with Crippen LogP contribution in [0.1, 0.15) is 26.7 Å². The molecule has 5 nitrogen and oxygen atoms in total. The van der Waals surface area contributed by atoms with E-state index in [0.29, 0.717) is 13.2 Å². The van der Waals surface area contributed by atoms with E-state index in [1.54, 1.807) is 7.05 Å². The van der Waals surface area contributed by atoms with Crippen LogP contribution in [-0.4, -0.2) is 60.4 Å². The third-order valence-electron chi connectivity index (χ3n) is 4.08. The van der Waals surface area contributed by atoms with Crippen molar-refractivity contribution in [3.8, 4) is 0 Å². The van der Waals surface area contributed by atoms with E-state index >= 15 is 0 Å². The largest absolute Gasteiger partial charge is 0.480 e. The van der Waals surface area contributed by atoms with E-state index in [4.69, 9.17) is 4.74 Å². The molecule has 0 radical (unpaired) electrons. The fourth-order valence-electron chi connectivity index (χ4n) is 2.94. The second-order valence-electron chi connectivity index (χ2n) is 6.12. The van der Waals surface area contributed by atoms with Crippen LogP contribution in [-0.2, 0) is 9.53 Å². The Kier molecular flexibility index (Phi) is 3.67. The Hall–Kier alpha value is -0.650. The molecule has 1 saturated heterocycles. The summed E-state index contributed by atoms with van der Waals surface area (Å²) in [6.45, 7) is 6.95. The molecule has 2 rings (SSSR count). The summed E-state index contributed by atoms with van der Waals surface area (Å²) in [5.41, 5.74) is -0.965. The second-order valence-corrected chi connectivity index (χ2v) is 6.12. The van der Waals surface area contributed by atoms with Gasteiger partial charge >= 0.3 is 5.97 Å². The van der Waals surface area contributed by atoms with E-state index in [9.17, 15) is 9.90 Å². The number of nitrogens with zero attached hydrogens (tertiary/aromatic N) is 1. The highest BCUT2D eigenvalue weighted by molar-refractivity contribution is 5.80. The Bertz CT molecular complexity index is 328. The first kappa shape index (κ1) is 13.8. The molecule has 0 bridgehead atoms. The van der Waals surface area contributed by atoms with Crippen molar-refractivity contribution in [2.45, 2.75) is 37.8 Å². The van der Waals surface area contributed by atoms with Gasteiger partial charge in [0, 0.05) is 19.6 Å². The van der Waals surface area contributed by atoms with Crippen molar-refractivity contribution in [3.05, 3.63) is 0 Å². The van der Waals surface area contributed by atoms with Gasteiger partial charge in [-0.2, -0.15) is 0 Å². The minimum Gasteiger partial charge on any atom is -0.480 e. The third-order valence-corrected chi connectivity index (χ3v) is 4.08. The van der Waals surface area contributed by atoms with Crippen molar-refractivity contribution in [3.63, 3.8) is 0 Å². The van der Waals surface area contributed by atoms with Gasteiger partial charge in [-0.1, -0.05) is 0 Å². The van der Waals surface area contributed by atoms with Gasteiger partial charge in [-0.15, -0.1) is 0 Å². The molecule has 5 heteroatoms. The Morgan fingerprint density at radius 3 is 2.67 bits per heavy atom. The molecular formula is C13H24N2O3. The first-order chi connectivity index (χ1) is 8.39. The number of morpholine rings is 1. The molecule has 1 unspecified atom stereocenters. The van der Waals surface area contributed by atoms with Crippen LogP contribution < -0.4 is 5.32 Å². The molecule has 0 aromatic rings. The number of carboxylic acids is 1. The van der Waals surface area contributed by atoms with Crippen molar-refractivity contribution >= 4 is 5.97 Å². The number of likely N-dealkylation sites (N-methyl/N-ethyl adjacent to an activating group) is 1. The smallest absolute Gasteiger partial charge is 0.325 e. The van der Waals surface area contributed by atoms with Crippen LogP contribution in [0, 0.1) is 5.92 Å². The van der Waals surface area contributed by atoms with E-state index in [0.717, 1.165) is 25.9 Å². The zero-order valence-electron chi connectivity index (χ0n) is 11.5. The van der Waals surface area contributed by atoms with Crippen LogP contribution >= 0.6 is 0 Å². The summed E-state index contributed by atoms with van der Waals surface area (Å²) in [5, 5.41) is 12.6. The number of hydrogen-bond acceptors (Lipinski definition) is 4. The molecule has 2 aliphatic rings. The first-order valence-electron chi connectivity index (χ1n) is 6.68. The van der Waals surface area contributed by atoms with Crippen LogP contribution in [0.4, 0.5) is 0 Å². The number of ether oxygens (including phenoxy) is 1. The number of carboxylic acid groups (broad SMARTS) is 1. The van der Waals surface area contributed by atoms with Crippen molar-refractivity contribution in [1.82, 2.24) is 10.2 Å². The lowest BCUT2D eigenvalue weighted by atomic mass is 9.91. The summed E-state index contributed by atoms with van der Waals surface area (Å²) >= 11 is 0. The van der Waals surface area contributed by atoms with E-state index in [1.807, 2.05) is 0 Å². The van der Waals surface area contributed by atoms with Crippen LogP contribution in [0.2, 0.25) is 0 Å². The summed E-state index contributed by atoms with van der Waals surface area (Å²) in [7, 11) is 1.76. The first-order valence-corrected chi connectivity index (χ1v) is 6.68. The average Bonchev–Trinajstić information content (AvgIpc) is 3.08. The number of nitrogens with one attached hydrogen (secondary N) is 1. The summed E-state index contributed by atoms with van der Waals surface area (Å²) in [6.07, 6.45) is 2.03. The minimum atomic E-state index is -0.784. The summed E-state index contributed by atoms with van der Waals surface area (Å²) < 4.78 is 5.67. The monoisotopic (exact) mass is 256 g/mol. The molecule has 0 aromatic carbocycles. The Balaban J connectivity index is 2.07. The molecule has 0 amide bonds. The molecular weight excluding hydrogens is 232 g/mol. The fraction of sp³-hybridized carbons (Fsp3) is 0.923. The molecule has 0 aromatic heterocycles. The Morgan fingerprint density at radius 2 is 2.22 bits per heavy atom. The maximum Gasteiger partial charge on any atom is 0.325 e. The predicted octanol–water partition coefficient (Wildman–Crippen LogP) is 0.550. The molecule has 0 spiro atoms. The molecule has 18 heavy (non-hydrogen) atoms.